The first-order chi connectivity index (χ1) is 32.9. The number of nitrogens with zero attached hydrogens (tertiary/aromatic N) is 1. The molecule has 0 bridgehead atoms. The average molecular weight is 1000 g/mol. The summed E-state index contributed by atoms with van der Waals surface area (Å²) < 4.78 is 296. The summed E-state index contributed by atoms with van der Waals surface area (Å²) in [6, 6.07) is 30.4. The fourth-order valence-electron chi connectivity index (χ4n) is 8.34. The van der Waals surface area contributed by atoms with E-state index in [0.29, 0.717) is 0 Å². The van der Waals surface area contributed by atoms with Crippen molar-refractivity contribution in [3.63, 3.8) is 0 Å². The van der Waals surface area contributed by atoms with Gasteiger partial charge in [-0.1, -0.05) is 54.6 Å². The highest BCUT2D eigenvalue weighted by atomic mass is 19.2. The Hall–Kier alpha value is -7.39. The molecule has 0 aliphatic rings. The van der Waals surface area contributed by atoms with Gasteiger partial charge in [-0.3, -0.25) is 0 Å². The summed E-state index contributed by atoms with van der Waals surface area (Å²) in [6.07, 6.45) is -7.22. The third-order valence-corrected chi connectivity index (χ3v) is 11.7. The van der Waals surface area contributed by atoms with Crippen LogP contribution in [0, 0.1) is 130 Å². The van der Waals surface area contributed by atoms with Gasteiger partial charge in [0, 0.05) is 28.6 Å². The van der Waals surface area contributed by atoms with Crippen molar-refractivity contribution in [2.75, 3.05) is 0 Å². The summed E-state index contributed by atoms with van der Waals surface area (Å²) in [5.74, 6) is -71.4. The largest absolute Gasteiger partial charge is 0.213 e. The van der Waals surface area contributed by atoms with Crippen LogP contribution in [-0.4, -0.2) is 6.15 Å². The van der Waals surface area contributed by atoms with E-state index in [1.54, 1.807) is 0 Å². The topological polar surface area (TPSA) is 3.88 Å². The fourth-order valence-corrected chi connectivity index (χ4v) is 8.34. The minimum Gasteiger partial charge on any atom is -0.207 e. The van der Waals surface area contributed by atoms with E-state index in [0.717, 1.165) is 6.54 Å². The zero-order valence-corrected chi connectivity index (χ0v) is 34.9. The lowest BCUT2D eigenvalue weighted by molar-refractivity contribution is -0.651. The number of para-hydroxylation sites is 1. The van der Waals surface area contributed by atoms with Gasteiger partial charge in [-0.05, 0) is 43.2 Å². The highest BCUT2D eigenvalue weighted by Crippen LogP contribution is 2.31. The second-order valence-corrected chi connectivity index (χ2v) is 15.4. The van der Waals surface area contributed by atoms with Crippen molar-refractivity contribution in [3.05, 3.63) is 218 Å². The van der Waals surface area contributed by atoms with Gasteiger partial charge in [0.25, 0.3) is 0 Å². The molecule has 0 N–H and O–H groups in total. The minimum absolute atomic E-state index is 0.866. The van der Waals surface area contributed by atoms with E-state index in [4.69, 9.17) is 0 Å². The van der Waals surface area contributed by atoms with Crippen LogP contribution in [0.5, 0.6) is 0 Å². The van der Waals surface area contributed by atoms with Crippen LogP contribution in [-0.2, 0) is 6.54 Å². The average Bonchev–Trinajstić information content (AvgIpc) is 3.35. The molecule has 0 unspecified atom stereocenters. The molecule has 8 rings (SSSR count). The Kier molecular flexibility index (Phi) is 13.6. The molecule has 0 saturated heterocycles. The van der Waals surface area contributed by atoms with E-state index < -0.39 is 144 Å². The SMILES string of the molecule is Cc1cccc(-c2ccc3ccccc3[n+]2Cc2ccccc2)c1C.Fc1c(F)c(F)c([B-](c2c(F)c(F)c(F)c(F)c2F)(c2c(F)c(F)c(F)c(F)c2F)c2c(F)c(F)c(F)c(F)c2F)c(F)c1F. The molecule has 0 aliphatic carbocycles. The van der Waals surface area contributed by atoms with Crippen molar-refractivity contribution >= 4 is 38.9 Å². The molecular formula is C48H22BF20N. The Morgan fingerprint density at radius 3 is 1.03 bits per heavy atom. The van der Waals surface area contributed by atoms with E-state index in [1.807, 2.05) is 0 Å². The molecule has 1 aromatic heterocycles. The second-order valence-electron chi connectivity index (χ2n) is 15.4. The smallest absolute Gasteiger partial charge is 0.207 e. The van der Waals surface area contributed by atoms with Crippen molar-refractivity contribution in [2.45, 2.75) is 20.4 Å². The summed E-state index contributed by atoms with van der Waals surface area (Å²) in [5.41, 5.74) is -6.49. The van der Waals surface area contributed by atoms with Gasteiger partial charge < -0.3 is 0 Å². The maximum absolute atomic E-state index is 15.4. The molecule has 22 heteroatoms. The minimum atomic E-state index is -7.22. The number of rotatable bonds is 7. The van der Waals surface area contributed by atoms with Gasteiger partial charge in [-0.15, -0.1) is 21.9 Å². The lowest BCUT2D eigenvalue weighted by atomic mass is 9.12. The molecule has 0 aliphatic heterocycles. The van der Waals surface area contributed by atoms with Crippen LogP contribution >= 0.6 is 0 Å². The first kappa shape index (κ1) is 50.5. The predicted molar refractivity (Wildman–Crippen MR) is 214 cm³/mol. The normalized spacial score (nSPS) is 11.6. The van der Waals surface area contributed by atoms with Crippen LogP contribution in [0.4, 0.5) is 87.8 Å². The number of benzene rings is 7. The van der Waals surface area contributed by atoms with Crippen LogP contribution < -0.4 is 26.4 Å². The van der Waals surface area contributed by atoms with Gasteiger partial charge in [-0.2, -0.15) is 4.57 Å². The highest BCUT2D eigenvalue weighted by molar-refractivity contribution is 7.20. The maximum Gasteiger partial charge on any atom is 0.213 e. The first-order valence-electron chi connectivity index (χ1n) is 19.7. The molecule has 0 radical (unpaired) electrons. The lowest BCUT2D eigenvalue weighted by Crippen LogP contribution is -2.81. The van der Waals surface area contributed by atoms with Crippen molar-refractivity contribution < 1.29 is 92.4 Å². The molecule has 1 heterocycles. The van der Waals surface area contributed by atoms with Crippen LogP contribution in [0.1, 0.15) is 16.7 Å². The molecular weight excluding hydrogens is 981 g/mol. The highest BCUT2D eigenvalue weighted by Gasteiger charge is 2.52. The van der Waals surface area contributed by atoms with Crippen molar-refractivity contribution in [3.8, 4) is 11.3 Å². The standard InChI is InChI=1S/C24BF20.C24H22N/c26-5-1(6(27)14(35)21(42)13(5)34)25(2-7(28)15(36)22(43)16(37)8(2)29,3-9(30)17(38)23(44)18(39)10(3)31)4-11(32)19(40)24(45)20(41)12(4)33;1-18-9-8-13-22(19(18)2)24-16-15-21-12-6-7-14-23(21)25(24)17-20-10-4-3-5-11-20/h;3-16H,17H2,1-2H3/q-1;+1. The molecule has 70 heavy (non-hydrogen) atoms. The third-order valence-electron chi connectivity index (χ3n) is 11.7. The Morgan fingerprint density at radius 2 is 0.657 bits per heavy atom. The van der Waals surface area contributed by atoms with Crippen molar-refractivity contribution in [1.29, 1.82) is 0 Å². The predicted octanol–water partition coefficient (Wildman–Crippen LogP) is 11.3. The quantitative estimate of drug-likeness (QED) is 0.0493. The Morgan fingerprint density at radius 1 is 0.329 bits per heavy atom. The Labute approximate surface area is 380 Å². The van der Waals surface area contributed by atoms with E-state index in [9.17, 15) is 52.7 Å². The summed E-state index contributed by atoms with van der Waals surface area (Å²) in [6.45, 7) is 5.26. The second kappa shape index (κ2) is 18.8. The van der Waals surface area contributed by atoms with Crippen LogP contribution in [0.15, 0.2) is 84.9 Å². The molecule has 7 aromatic carbocycles. The van der Waals surface area contributed by atoms with Crippen molar-refractivity contribution in [2.24, 2.45) is 0 Å². The molecule has 0 spiro atoms. The zero-order chi connectivity index (χ0) is 51.6. The number of aromatic nitrogens is 1. The number of hydrogen-bond acceptors (Lipinski definition) is 0. The summed E-state index contributed by atoms with van der Waals surface area (Å²) in [4.78, 5) is 0. The summed E-state index contributed by atoms with van der Waals surface area (Å²) in [7, 11) is 0. The van der Waals surface area contributed by atoms with E-state index in [1.165, 1.54) is 38.9 Å². The van der Waals surface area contributed by atoms with E-state index in [-0.39, 0.29) is 0 Å². The van der Waals surface area contributed by atoms with Gasteiger partial charge >= 0.3 is 0 Å². The van der Waals surface area contributed by atoms with E-state index >= 15 is 35.1 Å². The van der Waals surface area contributed by atoms with Gasteiger partial charge in [0.2, 0.25) is 11.2 Å². The van der Waals surface area contributed by atoms with Crippen LogP contribution in [0.2, 0.25) is 0 Å². The van der Waals surface area contributed by atoms with Crippen LogP contribution in [0.3, 0.4) is 0 Å². The number of aryl methyl sites for hydroxylation is 1. The van der Waals surface area contributed by atoms with Gasteiger partial charge in [0.05, 0.1) is 0 Å². The third kappa shape index (κ3) is 7.76. The maximum atomic E-state index is 15.4. The van der Waals surface area contributed by atoms with Gasteiger partial charge in [0.15, 0.2) is 76.4 Å². The summed E-state index contributed by atoms with van der Waals surface area (Å²) >= 11 is 0. The first-order valence-corrected chi connectivity index (χ1v) is 19.7. The fraction of sp³-hybridized carbons (Fsp3) is 0.0625. The van der Waals surface area contributed by atoms with Gasteiger partial charge in [0.1, 0.15) is 52.7 Å². The van der Waals surface area contributed by atoms with Gasteiger partial charge in [-0.25, -0.2) is 87.8 Å². The summed E-state index contributed by atoms with van der Waals surface area (Å²) in [5, 5.41) is 1.27. The van der Waals surface area contributed by atoms with Crippen LogP contribution in [0.25, 0.3) is 22.2 Å². The number of pyridine rings is 1. The van der Waals surface area contributed by atoms with Crippen molar-refractivity contribution in [1.82, 2.24) is 0 Å². The lowest BCUT2D eigenvalue weighted by Gasteiger charge is -2.44. The molecule has 8 aromatic rings. The number of hydrogen-bond donors (Lipinski definition) is 0. The molecule has 0 atom stereocenters. The monoisotopic (exact) mass is 1000 g/mol. The Balaban J connectivity index is 0.000000242. The molecule has 0 fully saturated rings. The number of fused-ring (bicyclic) bond motifs is 1. The zero-order valence-electron chi connectivity index (χ0n) is 34.9. The Bertz CT molecular complexity index is 3050. The molecule has 1 nitrogen and oxygen atoms in total. The van der Waals surface area contributed by atoms with E-state index in [2.05, 4.69) is 103 Å². The molecule has 362 valence electrons. The molecule has 0 saturated carbocycles. The molecule has 0 amide bonds. The number of halogens is 20.